The average Bonchev–Trinajstić information content (AvgIpc) is 2.89. The number of anilines is 3. The zero-order valence-corrected chi connectivity index (χ0v) is 23.4. The van der Waals surface area contributed by atoms with Gasteiger partial charge in [0.05, 0.1) is 6.20 Å². The van der Waals surface area contributed by atoms with Crippen molar-refractivity contribution in [2.75, 3.05) is 37.4 Å². The molecule has 39 heavy (non-hydrogen) atoms. The van der Waals surface area contributed by atoms with Crippen LogP contribution in [0.1, 0.15) is 49.5 Å². The Bertz CT molecular complexity index is 1400. The molecule has 2 aromatic heterocycles. The van der Waals surface area contributed by atoms with Gasteiger partial charge in [0, 0.05) is 41.9 Å². The molecule has 0 atom stereocenters. The first-order valence-electron chi connectivity index (χ1n) is 13.0. The number of carbonyl (C=O) groups excluding carboxylic acids is 1. The summed E-state index contributed by atoms with van der Waals surface area (Å²) in [5.41, 5.74) is 2.62. The third-order valence-corrected chi connectivity index (χ3v) is 6.89. The highest BCUT2D eigenvalue weighted by molar-refractivity contribution is 6.09. The number of hydrogen-bond donors (Lipinski definition) is 4. The van der Waals surface area contributed by atoms with Gasteiger partial charge in [0.25, 0.3) is 5.91 Å². The maximum atomic E-state index is 12.9. The third kappa shape index (κ3) is 6.66. The molecular formula is C28H37N9O2. The third-order valence-electron chi connectivity index (χ3n) is 6.89. The summed E-state index contributed by atoms with van der Waals surface area (Å²) in [6.45, 7) is 9.14. The Morgan fingerprint density at radius 1 is 1.18 bits per heavy atom. The van der Waals surface area contributed by atoms with Crippen molar-refractivity contribution in [2.24, 2.45) is 5.41 Å². The number of aliphatic hydroxyl groups is 1. The van der Waals surface area contributed by atoms with Crippen LogP contribution in [0.2, 0.25) is 0 Å². The molecule has 0 aliphatic carbocycles. The van der Waals surface area contributed by atoms with E-state index in [0.29, 0.717) is 40.1 Å². The summed E-state index contributed by atoms with van der Waals surface area (Å²) in [5, 5.41) is 24.0. The van der Waals surface area contributed by atoms with Crippen molar-refractivity contribution >= 4 is 40.2 Å². The monoisotopic (exact) mass is 531 g/mol. The van der Waals surface area contributed by atoms with E-state index in [9.17, 15) is 9.90 Å². The van der Waals surface area contributed by atoms with E-state index in [1.807, 2.05) is 33.8 Å². The normalized spacial score (nSPS) is 15.1. The number of aliphatic hydroxyl groups excluding tert-OH is 1. The number of amides is 1. The second kappa shape index (κ2) is 11.3. The fourth-order valence-electron chi connectivity index (χ4n) is 4.28. The Kier molecular flexibility index (Phi) is 8.10. The highest BCUT2D eigenvalue weighted by atomic mass is 16.3. The Hall–Kier alpha value is -4.12. The molecule has 1 aliphatic heterocycles. The summed E-state index contributed by atoms with van der Waals surface area (Å²) < 4.78 is 0. The van der Waals surface area contributed by atoms with E-state index < -0.39 is 11.3 Å². The smallest absolute Gasteiger partial charge is 0.256 e. The molecule has 4 N–H and O–H groups in total. The molecule has 4 rings (SSSR count). The second-order valence-electron chi connectivity index (χ2n) is 11.1. The topological polar surface area (TPSA) is 143 Å². The number of nitrogens with one attached hydrogen (secondary N) is 3. The lowest BCUT2D eigenvalue weighted by atomic mass is 9.93. The molecule has 0 unspecified atom stereocenters. The van der Waals surface area contributed by atoms with Gasteiger partial charge in [-0.05, 0) is 51.6 Å². The molecule has 1 aromatic carbocycles. The number of benzene rings is 1. The molecule has 0 spiro atoms. The van der Waals surface area contributed by atoms with Crippen LogP contribution in [0, 0.1) is 17.7 Å². The molecule has 206 valence electrons. The zero-order chi connectivity index (χ0) is 28.3. The van der Waals surface area contributed by atoms with Crippen LogP contribution in [0.25, 0.3) is 11.0 Å². The van der Waals surface area contributed by atoms with Gasteiger partial charge < -0.3 is 25.5 Å². The maximum absolute atomic E-state index is 12.9. The van der Waals surface area contributed by atoms with Crippen LogP contribution in [-0.4, -0.2) is 74.9 Å². The lowest BCUT2D eigenvalue weighted by Gasteiger charge is -2.35. The molecule has 1 fully saturated rings. The van der Waals surface area contributed by atoms with Crippen molar-refractivity contribution in [3.05, 3.63) is 53.7 Å². The number of hydrogen-bond acceptors (Lipinski definition) is 10. The summed E-state index contributed by atoms with van der Waals surface area (Å²) in [6.07, 6.45) is 6.51. The van der Waals surface area contributed by atoms with E-state index in [2.05, 4.69) is 49.5 Å². The van der Waals surface area contributed by atoms with Gasteiger partial charge in [-0.25, -0.2) is 19.9 Å². The van der Waals surface area contributed by atoms with Gasteiger partial charge in [-0.1, -0.05) is 26.8 Å². The lowest BCUT2D eigenvalue weighted by Crippen LogP contribution is -2.42. The Morgan fingerprint density at radius 2 is 1.90 bits per heavy atom. The zero-order valence-electron chi connectivity index (χ0n) is 23.4. The number of allylic oxidation sites excluding steroid dienone is 1. The summed E-state index contributed by atoms with van der Waals surface area (Å²) >= 11 is 0. The highest BCUT2D eigenvalue weighted by Crippen LogP contribution is 2.27. The SMILES string of the molecule is Cc1ccc(C(=O)NC(=N)/C=C(\O)C(C)(C)C)cc1Nc1ncnc2cnc(N3CCC(N(C)C)CC3)nc12. The fraction of sp³-hybridized carbons (Fsp3) is 0.429. The number of aryl methyl sites for hydroxylation is 1. The summed E-state index contributed by atoms with van der Waals surface area (Å²) in [5.74, 6) is 0.520. The molecule has 0 radical (unpaired) electrons. The van der Waals surface area contributed by atoms with E-state index in [4.69, 9.17) is 10.4 Å². The van der Waals surface area contributed by atoms with Crippen LogP contribution in [-0.2, 0) is 0 Å². The van der Waals surface area contributed by atoms with Crippen molar-refractivity contribution in [1.29, 1.82) is 5.41 Å². The number of amidine groups is 1. The van der Waals surface area contributed by atoms with E-state index in [1.165, 1.54) is 12.4 Å². The molecule has 0 bridgehead atoms. The molecule has 1 saturated heterocycles. The first-order valence-corrected chi connectivity index (χ1v) is 13.0. The number of fused-ring (bicyclic) bond motifs is 1. The number of piperidine rings is 1. The molecule has 0 saturated carbocycles. The Balaban J connectivity index is 1.55. The summed E-state index contributed by atoms with van der Waals surface area (Å²) in [4.78, 5) is 35.4. The molecule has 11 nitrogen and oxygen atoms in total. The van der Waals surface area contributed by atoms with Crippen molar-refractivity contribution in [2.45, 2.75) is 46.6 Å². The van der Waals surface area contributed by atoms with Crippen molar-refractivity contribution in [3.8, 4) is 0 Å². The molecule has 3 heterocycles. The van der Waals surface area contributed by atoms with Crippen molar-refractivity contribution in [1.82, 2.24) is 30.2 Å². The largest absolute Gasteiger partial charge is 0.512 e. The maximum Gasteiger partial charge on any atom is 0.256 e. The first kappa shape index (κ1) is 27.9. The average molecular weight is 532 g/mol. The van der Waals surface area contributed by atoms with Crippen LogP contribution >= 0.6 is 0 Å². The van der Waals surface area contributed by atoms with Crippen LogP contribution < -0.4 is 15.5 Å². The summed E-state index contributed by atoms with van der Waals surface area (Å²) in [6, 6.07) is 5.76. The van der Waals surface area contributed by atoms with E-state index in [1.54, 1.807) is 18.3 Å². The van der Waals surface area contributed by atoms with Crippen molar-refractivity contribution in [3.63, 3.8) is 0 Å². The van der Waals surface area contributed by atoms with Crippen LogP contribution in [0.15, 0.2) is 42.6 Å². The van der Waals surface area contributed by atoms with Gasteiger partial charge in [0.1, 0.15) is 29.0 Å². The number of rotatable bonds is 6. The molecule has 1 aliphatic rings. The van der Waals surface area contributed by atoms with Gasteiger partial charge in [0.15, 0.2) is 5.82 Å². The summed E-state index contributed by atoms with van der Waals surface area (Å²) in [7, 11) is 4.23. The molecule has 1 amide bonds. The molecule has 11 heteroatoms. The number of aromatic nitrogens is 4. The quantitative estimate of drug-likeness (QED) is 0.209. The Morgan fingerprint density at radius 3 is 2.56 bits per heavy atom. The predicted octanol–water partition coefficient (Wildman–Crippen LogP) is 4.20. The number of carbonyl (C=O) groups is 1. The fourth-order valence-corrected chi connectivity index (χ4v) is 4.28. The van der Waals surface area contributed by atoms with Crippen LogP contribution in [0.3, 0.4) is 0 Å². The Labute approximate surface area is 228 Å². The van der Waals surface area contributed by atoms with Crippen molar-refractivity contribution < 1.29 is 9.90 Å². The molecule has 3 aromatic rings. The standard InChI is InChI=1S/C28H37N9O2/c1-17-7-8-18(26(39)34-23(29)14-22(38)28(2,3)4)13-20(17)33-25-24-21(31-16-32-25)15-30-27(35-24)37-11-9-19(10-12-37)36(5)6/h7-8,13-16,19,38H,9-12H2,1-6H3,(H2,29,34,39)(H,31,32,33)/b22-14-. The van der Waals surface area contributed by atoms with E-state index in [-0.39, 0.29) is 11.6 Å². The van der Waals surface area contributed by atoms with Gasteiger partial charge in [-0.15, -0.1) is 0 Å². The minimum atomic E-state index is -0.523. The number of nitrogens with zero attached hydrogens (tertiary/aromatic N) is 6. The first-order chi connectivity index (χ1) is 18.4. The minimum absolute atomic E-state index is 0.0122. The lowest BCUT2D eigenvalue weighted by molar-refractivity contribution is 0.0977. The van der Waals surface area contributed by atoms with Crippen LogP contribution in [0.5, 0.6) is 0 Å². The van der Waals surface area contributed by atoms with Gasteiger partial charge in [-0.3, -0.25) is 10.2 Å². The van der Waals surface area contributed by atoms with Gasteiger partial charge in [-0.2, -0.15) is 0 Å². The predicted molar refractivity (Wildman–Crippen MR) is 154 cm³/mol. The van der Waals surface area contributed by atoms with Gasteiger partial charge in [0.2, 0.25) is 5.95 Å². The van der Waals surface area contributed by atoms with E-state index in [0.717, 1.165) is 31.5 Å². The minimum Gasteiger partial charge on any atom is -0.512 e. The van der Waals surface area contributed by atoms with Gasteiger partial charge >= 0.3 is 0 Å². The van der Waals surface area contributed by atoms with E-state index >= 15 is 0 Å². The second-order valence-corrected chi connectivity index (χ2v) is 11.1. The highest BCUT2D eigenvalue weighted by Gasteiger charge is 2.23. The van der Waals surface area contributed by atoms with Crippen LogP contribution in [0.4, 0.5) is 17.5 Å². The molecular weight excluding hydrogens is 494 g/mol.